The second-order valence-corrected chi connectivity index (χ2v) is 6.75. The summed E-state index contributed by atoms with van der Waals surface area (Å²) in [6.07, 6.45) is 6.59. The summed E-state index contributed by atoms with van der Waals surface area (Å²) in [5.74, 6) is 0.251. The first-order valence-corrected chi connectivity index (χ1v) is 7.83. The van der Waals surface area contributed by atoms with Crippen LogP contribution >= 0.6 is 0 Å². The summed E-state index contributed by atoms with van der Waals surface area (Å²) < 4.78 is 0. The monoisotopic (exact) mass is 276 g/mol. The fourth-order valence-electron chi connectivity index (χ4n) is 3.40. The molecule has 20 heavy (non-hydrogen) atoms. The Hall–Kier alpha value is -1.12. The summed E-state index contributed by atoms with van der Waals surface area (Å²) in [7, 11) is 0. The van der Waals surface area contributed by atoms with E-state index in [1.165, 1.54) is 12.8 Å². The van der Waals surface area contributed by atoms with Gasteiger partial charge in [0, 0.05) is 19.1 Å². The van der Waals surface area contributed by atoms with Gasteiger partial charge in [-0.05, 0) is 51.0 Å². The molecular formula is C15H24N4O. The van der Waals surface area contributed by atoms with Crippen molar-refractivity contribution < 1.29 is 4.79 Å². The summed E-state index contributed by atoms with van der Waals surface area (Å²) in [6, 6.07) is 3.11. The molecule has 0 spiro atoms. The number of nitrogens with two attached hydrogens (primary N) is 1. The maximum atomic E-state index is 11.4. The molecule has 0 aromatic rings. The molecule has 5 nitrogen and oxygen atoms in total. The first kappa shape index (κ1) is 13.8. The Labute approximate surface area is 120 Å². The van der Waals surface area contributed by atoms with Crippen molar-refractivity contribution in [2.75, 3.05) is 19.6 Å². The molecule has 3 rings (SSSR count). The minimum absolute atomic E-state index is 0.0414. The molecule has 2 unspecified atom stereocenters. The van der Waals surface area contributed by atoms with Crippen LogP contribution in [0.2, 0.25) is 0 Å². The van der Waals surface area contributed by atoms with Gasteiger partial charge in [0.05, 0.1) is 12.0 Å². The standard InChI is InChI=1S/C15H24N4O/c16-9-15(12-3-4-12,18-13-5-6-13)10-19-7-1-2-11(8-19)14(17)20/h11-13,18H,1-8,10H2,(H2,17,20). The van der Waals surface area contributed by atoms with Gasteiger partial charge in [-0.25, -0.2) is 0 Å². The number of rotatable bonds is 6. The average Bonchev–Trinajstić information content (AvgIpc) is 3.30. The van der Waals surface area contributed by atoms with Crippen LogP contribution in [0.3, 0.4) is 0 Å². The van der Waals surface area contributed by atoms with Gasteiger partial charge in [-0.15, -0.1) is 0 Å². The van der Waals surface area contributed by atoms with Crippen molar-refractivity contribution >= 4 is 5.91 Å². The minimum Gasteiger partial charge on any atom is -0.369 e. The van der Waals surface area contributed by atoms with E-state index >= 15 is 0 Å². The minimum atomic E-state index is -0.402. The molecule has 1 aliphatic heterocycles. The predicted molar refractivity (Wildman–Crippen MR) is 75.6 cm³/mol. The van der Waals surface area contributed by atoms with Crippen molar-refractivity contribution in [1.29, 1.82) is 5.26 Å². The molecule has 1 amide bonds. The highest BCUT2D eigenvalue weighted by molar-refractivity contribution is 5.76. The van der Waals surface area contributed by atoms with E-state index in [1.807, 2.05) is 0 Å². The van der Waals surface area contributed by atoms with E-state index in [0.29, 0.717) is 12.0 Å². The van der Waals surface area contributed by atoms with Crippen LogP contribution < -0.4 is 11.1 Å². The van der Waals surface area contributed by atoms with Crippen LogP contribution in [0.4, 0.5) is 0 Å². The van der Waals surface area contributed by atoms with Crippen LogP contribution in [0.25, 0.3) is 0 Å². The lowest BCUT2D eigenvalue weighted by Gasteiger charge is -2.38. The van der Waals surface area contributed by atoms with E-state index in [2.05, 4.69) is 16.3 Å². The summed E-state index contributed by atoms with van der Waals surface area (Å²) in [5, 5.41) is 13.3. The third kappa shape index (κ3) is 2.97. The number of nitrogens with zero attached hydrogens (tertiary/aromatic N) is 2. The molecule has 0 aromatic heterocycles. The van der Waals surface area contributed by atoms with E-state index in [1.54, 1.807) is 0 Å². The lowest BCUT2D eigenvalue weighted by atomic mass is 9.90. The van der Waals surface area contributed by atoms with Crippen molar-refractivity contribution in [2.24, 2.45) is 17.6 Å². The van der Waals surface area contributed by atoms with Gasteiger partial charge in [-0.3, -0.25) is 15.0 Å². The molecule has 3 aliphatic rings. The highest BCUT2D eigenvalue weighted by Gasteiger charge is 2.49. The third-order valence-corrected chi connectivity index (χ3v) is 4.89. The molecule has 2 atom stereocenters. The number of likely N-dealkylation sites (tertiary alicyclic amines) is 1. The van der Waals surface area contributed by atoms with Crippen LogP contribution in [0.15, 0.2) is 0 Å². The molecule has 2 aliphatic carbocycles. The Morgan fingerprint density at radius 3 is 2.65 bits per heavy atom. The lowest BCUT2D eigenvalue weighted by molar-refractivity contribution is -0.123. The Morgan fingerprint density at radius 2 is 2.10 bits per heavy atom. The molecule has 1 heterocycles. The van der Waals surface area contributed by atoms with E-state index in [0.717, 1.165) is 45.3 Å². The normalized spacial score (nSPS) is 30.4. The quantitative estimate of drug-likeness (QED) is 0.744. The van der Waals surface area contributed by atoms with Gasteiger partial charge in [0.25, 0.3) is 0 Å². The summed E-state index contributed by atoms with van der Waals surface area (Å²) >= 11 is 0. The molecule has 2 saturated carbocycles. The Balaban J connectivity index is 1.66. The number of hydrogen-bond donors (Lipinski definition) is 2. The fourth-order valence-corrected chi connectivity index (χ4v) is 3.40. The first-order valence-electron chi connectivity index (χ1n) is 7.83. The number of hydrogen-bond acceptors (Lipinski definition) is 4. The number of nitriles is 1. The molecule has 110 valence electrons. The van der Waals surface area contributed by atoms with Gasteiger partial charge < -0.3 is 5.73 Å². The molecule has 3 fully saturated rings. The van der Waals surface area contributed by atoms with Crippen LogP contribution in [0, 0.1) is 23.2 Å². The van der Waals surface area contributed by atoms with Gasteiger partial charge >= 0.3 is 0 Å². The molecule has 1 saturated heterocycles. The zero-order chi connectivity index (χ0) is 14.2. The molecular weight excluding hydrogens is 252 g/mol. The smallest absolute Gasteiger partial charge is 0.221 e. The number of carbonyl (C=O) groups is 1. The maximum Gasteiger partial charge on any atom is 0.221 e. The van der Waals surface area contributed by atoms with E-state index in [-0.39, 0.29) is 11.8 Å². The van der Waals surface area contributed by atoms with Crippen molar-refractivity contribution in [2.45, 2.75) is 50.1 Å². The number of nitrogens with one attached hydrogen (secondary N) is 1. The predicted octanol–water partition coefficient (Wildman–Crippen LogP) is 0.608. The SMILES string of the molecule is N#CC(CN1CCCC(C(N)=O)C1)(NC1CC1)C1CC1. The first-order chi connectivity index (χ1) is 9.63. The van der Waals surface area contributed by atoms with E-state index in [9.17, 15) is 10.1 Å². The Morgan fingerprint density at radius 1 is 1.35 bits per heavy atom. The highest BCUT2D eigenvalue weighted by atomic mass is 16.1. The van der Waals surface area contributed by atoms with Gasteiger partial charge in [0.15, 0.2) is 0 Å². The number of amides is 1. The lowest BCUT2D eigenvalue weighted by Crippen LogP contribution is -2.57. The summed E-state index contributed by atoms with van der Waals surface area (Å²) in [5.41, 5.74) is 5.04. The van der Waals surface area contributed by atoms with Crippen molar-refractivity contribution in [3.63, 3.8) is 0 Å². The molecule has 0 aromatic carbocycles. The highest BCUT2D eigenvalue weighted by Crippen LogP contribution is 2.42. The number of piperidine rings is 1. The van der Waals surface area contributed by atoms with Gasteiger partial charge in [-0.1, -0.05) is 0 Å². The largest absolute Gasteiger partial charge is 0.369 e. The van der Waals surface area contributed by atoms with E-state index < -0.39 is 5.54 Å². The summed E-state index contributed by atoms with van der Waals surface area (Å²) in [6.45, 7) is 2.44. The van der Waals surface area contributed by atoms with Gasteiger partial charge in [-0.2, -0.15) is 5.26 Å². The zero-order valence-electron chi connectivity index (χ0n) is 12.0. The third-order valence-electron chi connectivity index (χ3n) is 4.89. The van der Waals surface area contributed by atoms with Crippen LogP contribution in [0.5, 0.6) is 0 Å². The summed E-state index contributed by atoms with van der Waals surface area (Å²) in [4.78, 5) is 13.7. The zero-order valence-corrected chi connectivity index (χ0v) is 12.0. The van der Waals surface area contributed by atoms with Crippen molar-refractivity contribution in [3.8, 4) is 6.07 Å². The van der Waals surface area contributed by atoms with E-state index in [4.69, 9.17) is 5.73 Å². The Bertz CT molecular complexity index is 424. The van der Waals surface area contributed by atoms with Crippen molar-refractivity contribution in [1.82, 2.24) is 10.2 Å². The van der Waals surface area contributed by atoms with Crippen molar-refractivity contribution in [3.05, 3.63) is 0 Å². The second-order valence-electron chi connectivity index (χ2n) is 6.75. The fraction of sp³-hybridized carbons (Fsp3) is 0.867. The molecule has 0 radical (unpaired) electrons. The number of carbonyl (C=O) groups excluding carboxylic acids is 1. The van der Waals surface area contributed by atoms with Crippen LogP contribution in [-0.4, -0.2) is 42.0 Å². The van der Waals surface area contributed by atoms with Gasteiger partial charge in [0.2, 0.25) is 5.91 Å². The Kier molecular flexibility index (Phi) is 3.70. The van der Waals surface area contributed by atoms with Crippen LogP contribution in [0.1, 0.15) is 38.5 Å². The number of primary amides is 1. The van der Waals surface area contributed by atoms with Gasteiger partial charge in [0.1, 0.15) is 5.54 Å². The maximum absolute atomic E-state index is 11.4. The molecule has 3 N–H and O–H groups in total. The average molecular weight is 276 g/mol. The van der Waals surface area contributed by atoms with Crippen LogP contribution in [-0.2, 0) is 4.79 Å². The second kappa shape index (κ2) is 5.34. The molecule has 5 heteroatoms. The molecule has 0 bridgehead atoms. The topological polar surface area (TPSA) is 82.2 Å².